The lowest BCUT2D eigenvalue weighted by molar-refractivity contribution is 0.174. The summed E-state index contributed by atoms with van der Waals surface area (Å²) in [5, 5.41) is 8.85. The number of ether oxygens (including phenoxy) is 2. The highest BCUT2D eigenvalue weighted by molar-refractivity contribution is 5.32. The molecule has 0 radical (unpaired) electrons. The quantitative estimate of drug-likeness (QED) is 0.781. The molecule has 0 aliphatic heterocycles. The largest absolute Gasteiger partial charge is 0.494 e. The molecule has 1 aromatic rings. The van der Waals surface area contributed by atoms with Gasteiger partial charge in [-0.3, -0.25) is 0 Å². The number of hydrogen-bond donors (Lipinski definition) is 1. The minimum absolute atomic E-state index is 0.144. The van der Waals surface area contributed by atoms with Crippen LogP contribution in [0, 0.1) is 5.92 Å². The van der Waals surface area contributed by atoms with Crippen molar-refractivity contribution >= 4 is 0 Å². The van der Waals surface area contributed by atoms with Crippen LogP contribution in [0.1, 0.15) is 13.8 Å². The first-order valence-electron chi connectivity index (χ1n) is 5.22. The zero-order valence-electron chi connectivity index (χ0n) is 9.27. The Kier molecular flexibility index (Phi) is 4.98. The van der Waals surface area contributed by atoms with Gasteiger partial charge >= 0.3 is 0 Å². The van der Waals surface area contributed by atoms with Crippen LogP contribution in [0.5, 0.6) is 11.5 Å². The van der Waals surface area contributed by atoms with Crippen molar-refractivity contribution in [3.05, 3.63) is 24.3 Å². The van der Waals surface area contributed by atoms with Crippen molar-refractivity contribution in [3.8, 4) is 11.5 Å². The number of rotatable bonds is 6. The maximum Gasteiger partial charge on any atom is 0.122 e. The van der Waals surface area contributed by atoms with E-state index < -0.39 is 0 Å². The summed E-state index contributed by atoms with van der Waals surface area (Å²) in [6, 6.07) is 7.52. The Morgan fingerprint density at radius 1 is 1.27 bits per heavy atom. The van der Waals surface area contributed by atoms with E-state index in [-0.39, 0.29) is 12.5 Å². The van der Waals surface area contributed by atoms with Crippen molar-refractivity contribution in [2.45, 2.75) is 13.8 Å². The second kappa shape index (κ2) is 6.30. The fourth-order valence-corrected chi connectivity index (χ4v) is 1.11. The summed E-state index contributed by atoms with van der Waals surface area (Å²) in [5.41, 5.74) is 0. The number of hydrogen-bond acceptors (Lipinski definition) is 3. The van der Waals surface area contributed by atoms with Gasteiger partial charge in [0.25, 0.3) is 0 Å². The third-order valence-corrected chi connectivity index (χ3v) is 1.96. The van der Waals surface area contributed by atoms with Crippen molar-refractivity contribution in [1.29, 1.82) is 0 Å². The predicted molar refractivity (Wildman–Crippen MR) is 59.4 cm³/mol. The van der Waals surface area contributed by atoms with Crippen LogP contribution in [-0.4, -0.2) is 24.9 Å². The van der Waals surface area contributed by atoms with Crippen LogP contribution in [0.25, 0.3) is 0 Å². The van der Waals surface area contributed by atoms with Gasteiger partial charge in [-0.05, 0) is 19.1 Å². The van der Waals surface area contributed by atoms with Crippen molar-refractivity contribution in [2.24, 2.45) is 5.92 Å². The fourth-order valence-electron chi connectivity index (χ4n) is 1.11. The van der Waals surface area contributed by atoms with Gasteiger partial charge in [-0.25, -0.2) is 0 Å². The third-order valence-electron chi connectivity index (χ3n) is 1.96. The first-order chi connectivity index (χ1) is 7.26. The fraction of sp³-hybridized carbons (Fsp3) is 0.500. The molecule has 0 aliphatic rings. The van der Waals surface area contributed by atoms with Gasteiger partial charge in [-0.2, -0.15) is 0 Å². The highest BCUT2D eigenvalue weighted by atomic mass is 16.5. The van der Waals surface area contributed by atoms with Crippen LogP contribution >= 0.6 is 0 Å². The third kappa shape index (κ3) is 4.21. The van der Waals surface area contributed by atoms with E-state index in [4.69, 9.17) is 14.6 Å². The summed E-state index contributed by atoms with van der Waals surface area (Å²) in [7, 11) is 0. The van der Waals surface area contributed by atoms with E-state index in [1.165, 1.54) is 0 Å². The highest BCUT2D eigenvalue weighted by Crippen LogP contribution is 2.19. The standard InChI is InChI=1S/C12H18O3/c1-3-14-11-5-4-6-12(7-11)15-9-10(2)8-13/h4-7,10,13H,3,8-9H2,1-2H3. The first-order valence-corrected chi connectivity index (χ1v) is 5.22. The molecule has 1 aromatic carbocycles. The average molecular weight is 210 g/mol. The molecule has 1 N–H and O–H groups in total. The topological polar surface area (TPSA) is 38.7 Å². The summed E-state index contributed by atoms with van der Waals surface area (Å²) in [6.45, 7) is 5.20. The van der Waals surface area contributed by atoms with Crippen LogP contribution in [0.4, 0.5) is 0 Å². The maximum absolute atomic E-state index is 8.85. The molecule has 0 heterocycles. The minimum Gasteiger partial charge on any atom is -0.494 e. The Morgan fingerprint density at radius 3 is 2.53 bits per heavy atom. The van der Waals surface area contributed by atoms with E-state index in [9.17, 15) is 0 Å². The van der Waals surface area contributed by atoms with Gasteiger partial charge in [0.2, 0.25) is 0 Å². The predicted octanol–water partition coefficient (Wildman–Crippen LogP) is 2.09. The maximum atomic E-state index is 8.85. The molecule has 0 saturated carbocycles. The molecule has 0 aliphatic carbocycles. The monoisotopic (exact) mass is 210 g/mol. The lowest BCUT2D eigenvalue weighted by atomic mass is 10.2. The molecule has 3 heteroatoms. The Morgan fingerprint density at radius 2 is 1.93 bits per heavy atom. The summed E-state index contributed by atoms with van der Waals surface area (Å²) < 4.78 is 10.9. The molecule has 1 atom stereocenters. The van der Waals surface area contributed by atoms with Gasteiger partial charge < -0.3 is 14.6 Å². The molecular formula is C12H18O3. The van der Waals surface area contributed by atoms with Crippen molar-refractivity contribution < 1.29 is 14.6 Å². The number of benzene rings is 1. The van der Waals surface area contributed by atoms with Crippen molar-refractivity contribution in [3.63, 3.8) is 0 Å². The van der Waals surface area contributed by atoms with E-state index in [2.05, 4.69) is 0 Å². The second-order valence-corrected chi connectivity index (χ2v) is 3.51. The lowest BCUT2D eigenvalue weighted by Gasteiger charge is -2.11. The van der Waals surface area contributed by atoms with Gasteiger partial charge in [0.05, 0.1) is 13.2 Å². The molecule has 0 amide bonds. The van der Waals surface area contributed by atoms with E-state index in [0.717, 1.165) is 11.5 Å². The van der Waals surface area contributed by atoms with Gasteiger partial charge in [0.15, 0.2) is 0 Å². The average Bonchev–Trinajstić information content (AvgIpc) is 2.27. The number of aliphatic hydroxyl groups is 1. The molecule has 84 valence electrons. The molecular weight excluding hydrogens is 192 g/mol. The van der Waals surface area contributed by atoms with Crippen LogP contribution in [0.2, 0.25) is 0 Å². The van der Waals surface area contributed by atoms with E-state index in [0.29, 0.717) is 13.2 Å². The molecule has 0 aromatic heterocycles. The summed E-state index contributed by atoms with van der Waals surface area (Å²) in [6.07, 6.45) is 0. The van der Waals surface area contributed by atoms with Crippen molar-refractivity contribution in [2.75, 3.05) is 19.8 Å². The lowest BCUT2D eigenvalue weighted by Crippen LogP contribution is -2.12. The zero-order valence-corrected chi connectivity index (χ0v) is 9.27. The molecule has 15 heavy (non-hydrogen) atoms. The summed E-state index contributed by atoms with van der Waals surface area (Å²) in [4.78, 5) is 0. The molecule has 0 spiro atoms. The molecule has 1 unspecified atom stereocenters. The summed E-state index contributed by atoms with van der Waals surface area (Å²) in [5.74, 6) is 1.74. The Bertz CT molecular complexity index is 286. The normalized spacial score (nSPS) is 12.2. The van der Waals surface area contributed by atoms with Gasteiger partial charge in [-0.15, -0.1) is 0 Å². The van der Waals surface area contributed by atoms with Gasteiger partial charge in [0.1, 0.15) is 11.5 Å². The second-order valence-electron chi connectivity index (χ2n) is 3.51. The van der Waals surface area contributed by atoms with Crippen molar-refractivity contribution in [1.82, 2.24) is 0 Å². The van der Waals surface area contributed by atoms with Crippen LogP contribution in [0.15, 0.2) is 24.3 Å². The molecule has 0 saturated heterocycles. The minimum atomic E-state index is 0.144. The van der Waals surface area contributed by atoms with Crippen LogP contribution in [-0.2, 0) is 0 Å². The van der Waals surface area contributed by atoms with Gasteiger partial charge in [-0.1, -0.05) is 13.0 Å². The molecule has 3 nitrogen and oxygen atoms in total. The zero-order chi connectivity index (χ0) is 11.1. The Balaban J connectivity index is 2.50. The van der Waals surface area contributed by atoms with Crippen LogP contribution < -0.4 is 9.47 Å². The van der Waals surface area contributed by atoms with Gasteiger partial charge in [0, 0.05) is 18.6 Å². The summed E-state index contributed by atoms with van der Waals surface area (Å²) >= 11 is 0. The molecule has 0 fully saturated rings. The van der Waals surface area contributed by atoms with E-state index in [1.54, 1.807) is 0 Å². The van der Waals surface area contributed by atoms with E-state index in [1.807, 2.05) is 38.1 Å². The van der Waals surface area contributed by atoms with Crippen LogP contribution in [0.3, 0.4) is 0 Å². The van der Waals surface area contributed by atoms with E-state index >= 15 is 0 Å². The number of aliphatic hydroxyl groups excluding tert-OH is 1. The molecule has 0 bridgehead atoms. The molecule has 1 rings (SSSR count). The first kappa shape index (κ1) is 11.9. The Labute approximate surface area is 90.6 Å². The smallest absolute Gasteiger partial charge is 0.122 e. The Hall–Kier alpha value is -1.22. The SMILES string of the molecule is CCOc1cccc(OCC(C)CO)c1. The highest BCUT2D eigenvalue weighted by Gasteiger charge is 2.02.